The molecule has 0 amide bonds. The highest BCUT2D eigenvalue weighted by Gasteiger charge is 2.35. The molecule has 20 heavy (non-hydrogen) atoms. The van der Waals surface area contributed by atoms with Gasteiger partial charge in [0, 0.05) is 31.7 Å². The van der Waals surface area contributed by atoms with Crippen molar-refractivity contribution in [3.8, 4) is 0 Å². The number of nitrogens with two attached hydrogens (primary N) is 1. The highest BCUT2D eigenvalue weighted by Crippen LogP contribution is 2.33. The van der Waals surface area contributed by atoms with Gasteiger partial charge in [-0.1, -0.05) is 26.7 Å². The minimum atomic E-state index is 0.441. The van der Waals surface area contributed by atoms with Crippen molar-refractivity contribution < 1.29 is 0 Å². The summed E-state index contributed by atoms with van der Waals surface area (Å²) in [5.74, 6) is 2.46. The maximum Gasteiger partial charge on any atom is 0.0254 e. The first-order valence-electron chi connectivity index (χ1n) is 8.65. The summed E-state index contributed by atoms with van der Waals surface area (Å²) in [4.78, 5) is 5.07. The average Bonchev–Trinajstić information content (AvgIpc) is 2.75. The molecule has 1 aliphatic carbocycles. The lowest BCUT2D eigenvalue weighted by atomic mass is 9.76. The molecule has 118 valence electrons. The van der Waals surface area contributed by atoms with E-state index in [2.05, 4.69) is 37.7 Å². The summed E-state index contributed by atoms with van der Waals surface area (Å²) in [5.41, 5.74) is 6.41. The Labute approximate surface area is 125 Å². The van der Waals surface area contributed by atoms with Crippen LogP contribution < -0.4 is 5.73 Å². The number of likely N-dealkylation sites (N-methyl/N-ethyl adjacent to an activating group) is 1. The SMILES string of the molecule is CCCC1CCC(N)C(CN2CC(C)C(N(C)C)C2)C1. The average molecular weight is 281 g/mol. The summed E-state index contributed by atoms with van der Waals surface area (Å²) < 4.78 is 0. The molecule has 1 saturated heterocycles. The van der Waals surface area contributed by atoms with Crippen LogP contribution in [0.25, 0.3) is 0 Å². The summed E-state index contributed by atoms with van der Waals surface area (Å²) in [6.45, 7) is 8.43. The van der Waals surface area contributed by atoms with Crippen molar-refractivity contribution in [3.63, 3.8) is 0 Å². The van der Waals surface area contributed by atoms with Crippen molar-refractivity contribution in [2.75, 3.05) is 33.7 Å². The molecule has 0 spiro atoms. The van der Waals surface area contributed by atoms with Crippen molar-refractivity contribution in [2.24, 2.45) is 23.5 Å². The van der Waals surface area contributed by atoms with Gasteiger partial charge in [0.05, 0.1) is 0 Å². The van der Waals surface area contributed by atoms with Gasteiger partial charge in [-0.2, -0.15) is 0 Å². The first kappa shape index (κ1) is 16.3. The third-order valence-corrected chi connectivity index (χ3v) is 5.65. The van der Waals surface area contributed by atoms with Crippen LogP contribution >= 0.6 is 0 Å². The van der Waals surface area contributed by atoms with Crippen LogP contribution in [-0.2, 0) is 0 Å². The second-order valence-electron chi connectivity index (χ2n) is 7.62. The van der Waals surface area contributed by atoms with Crippen LogP contribution in [0.1, 0.15) is 46.0 Å². The molecule has 3 nitrogen and oxygen atoms in total. The molecule has 2 N–H and O–H groups in total. The molecule has 2 aliphatic rings. The van der Waals surface area contributed by atoms with Crippen molar-refractivity contribution in [2.45, 2.75) is 58.0 Å². The molecular weight excluding hydrogens is 246 g/mol. The van der Waals surface area contributed by atoms with E-state index in [1.54, 1.807) is 0 Å². The highest BCUT2D eigenvalue weighted by molar-refractivity contribution is 4.90. The quantitative estimate of drug-likeness (QED) is 0.840. The lowest BCUT2D eigenvalue weighted by Crippen LogP contribution is -2.43. The van der Waals surface area contributed by atoms with Crippen LogP contribution in [0.4, 0.5) is 0 Å². The molecule has 0 aromatic carbocycles. The maximum absolute atomic E-state index is 6.41. The third-order valence-electron chi connectivity index (χ3n) is 5.65. The van der Waals surface area contributed by atoms with E-state index in [0.29, 0.717) is 6.04 Å². The molecule has 5 atom stereocenters. The summed E-state index contributed by atoms with van der Waals surface area (Å²) >= 11 is 0. The third kappa shape index (κ3) is 3.96. The van der Waals surface area contributed by atoms with Gasteiger partial charge < -0.3 is 15.5 Å². The second kappa shape index (κ2) is 7.24. The largest absolute Gasteiger partial charge is 0.327 e. The molecule has 3 heteroatoms. The van der Waals surface area contributed by atoms with Gasteiger partial charge >= 0.3 is 0 Å². The molecule has 1 saturated carbocycles. The van der Waals surface area contributed by atoms with E-state index in [1.165, 1.54) is 51.7 Å². The molecule has 1 heterocycles. The first-order chi connectivity index (χ1) is 9.51. The Morgan fingerprint density at radius 2 is 1.95 bits per heavy atom. The van der Waals surface area contributed by atoms with Gasteiger partial charge in [-0.3, -0.25) is 0 Å². The number of rotatable bonds is 5. The van der Waals surface area contributed by atoms with Crippen LogP contribution in [-0.4, -0.2) is 55.6 Å². The number of hydrogen-bond acceptors (Lipinski definition) is 3. The monoisotopic (exact) mass is 281 g/mol. The van der Waals surface area contributed by atoms with E-state index in [-0.39, 0.29) is 0 Å². The van der Waals surface area contributed by atoms with Crippen LogP contribution in [0.5, 0.6) is 0 Å². The molecular formula is C17H35N3. The topological polar surface area (TPSA) is 32.5 Å². The fourth-order valence-electron chi connectivity index (χ4n) is 4.47. The molecule has 0 bridgehead atoms. The Hall–Kier alpha value is -0.120. The van der Waals surface area contributed by atoms with Crippen molar-refractivity contribution in [1.82, 2.24) is 9.80 Å². The zero-order valence-electron chi connectivity index (χ0n) is 14.0. The zero-order chi connectivity index (χ0) is 14.7. The first-order valence-corrected chi connectivity index (χ1v) is 8.65. The van der Waals surface area contributed by atoms with E-state index in [0.717, 1.165) is 23.8 Å². The zero-order valence-corrected chi connectivity index (χ0v) is 14.0. The van der Waals surface area contributed by atoms with Gasteiger partial charge in [-0.25, -0.2) is 0 Å². The van der Waals surface area contributed by atoms with Crippen LogP contribution in [0.2, 0.25) is 0 Å². The van der Waals surface area contributed by atoms with Crippen LogP contribution in [0.15, 0.2) is 0 Å². The molecule has 1 aliphatic heterocycles. The van der Waals surface area contributed by atoms with Gasteiger partial charge in [0.1, 0.15) is 0 Å². The van der Waals surface area contributed by atoms with E-state index >= 15 is 0 Å². The molecule has 0 aromatic heterocycles. The molecule has 0 aromatic rings. The molecule has 5 unspecified atom stereocenters. The summed E-state index contributed by atoms with van der Waals surface area (Å²) in [5, 5.41) is 0. The van der Waals surface area contributed by atoms with Gasteiger partial charge in [0.2, 0.25) is 0 Å². The number of likely N-dealkylation sites (tertiary alicyclic amines) is 1. The predicted molar refractivity (Wildman–Crippen MR) is 86.8 cm³/mol. The van der Waals surface area contributed by atoms with E-state index in [4.69, 9.17) is 5.73 Å². The maximum atomic E-state index is 6.41. The fourth-order valence-corrected chi connectivity index (χ4v) is 4.47. The Balaban J connectivity index is 1.85. The molecule has 0 radical (unpaired) electrons. The number of nitrogens with zero attached hydrogens (tertiary/aromatic N) is 2. The highest BCUT2D eigenvalue weighted by atomic mass is 15.2. The summed E-state index contributed by atoms with van der Waals surface area (Å²) in [6.07, 6.45) is 6.71. The second-order valence-corrected chi connectivity index (χ2v) is 7.62. The Bertz CT molecular complexity index is 292. The lowest BCUT2D eigenvalue weighted by Gasteiger charge is -2.36. The Morgan fingerprint density at radius 3 is 2.55 bits per heavy atom. The number of hydrogen-bond donors (Lipinski definition) is 1. The summed E-state index contributed by atoms with van der Waals surface area (Å²) in [7, 11) is 4.43. The van der Waals surface area contributed by atoms with Crippen LogP contribution in [0.3, 0.4) is 0 Å². The van der Waals surface area contributed by atoms with Crippen molar-refractivity contribution >= 4 is 0 Å². The van der Waals surface area contributed by atoms with Gasteiger partial charge in [-0.15, -0.1) is 0 Å². The Morgan fingerprint density at radius 1 is 1.20 bits per heavy atom. The molecule has 2 rings (SSSR count). The van der Waals surface area contributed by atoms with Crippen LogP contribution in [0, 0.1) is 17.8 Å². The normalized spacial score (nSPS) is 39.6. The molecule has 2 fully saturated rings. The van der Waals surface area contributed by atoms with Gasteiger partial charge in [0.25, 0.3) is 0 Å². The van der Waals surface area contributed by atoms with E-state index in [9.17, 15) is 0 Å². The standard InChI is InChI=1S/C17H35N3/c1-5-6-14-7-8-16(18)15(9-14)11-20-10-13(2)17(12-20)19(3)4/h13-17H,5-12,18H2,1-4H3. The predicted octanol–water partition coefficient (Wildman–Crippen LogP) is 2.41. The van der Waals surface area contributed by atoms with Gasteiger partial charge in [-0.05, 0) is 51.1 Å². The van der Waals surface area contributed by atoms with E-state index < -0.39 is 0 Å². The minimum absolute atomic E-state index is 0.441. The van der Waals surface area contributed by atoms with Crippen molar-refractivity contribution in [3.05, 3.63) is 0 Å². The van der Waals surface area contributed by atoms with E-state index in [1.807, 2.05) is 0 Å². The summed E-state index contributed by atoms with van der Waals surface area (Å²) in [6, 6.07) is 1.16. The fraction of sp³-hybridized carbons (Fsp3) is 1.00. The lowest BCUT2D eigenvalue weighted by molar-refractivity contribution is 0.162. The minimum Gasteiger partial charge on any atom is -0.327 e. The Kier molecular flexibility index (Phi) is 5.88. The van der Waals surface area contributed by atoms with Crippen molar-refractivity contribution in [1.29, 1.82) is 0 Å². The van der Waals surface area contributed by atoms with Gasteiger partial charge in [0.15, 0.2) is 0 Å². The smallest absolute Gasteiger partial charge is 0.0254 e.